The number of methoxy groups -OCH3 is 1. The molecular formula is C15H15N3O5. The molecule has 23 heavy (non-hydrogen) atoms. The molecule has 1 aromatic rings. The normalized spacial score (nSPS) is 14.4. The number of hydrogen-bond donors (Lipinski definition) is 1. The van der Waals surface area contributed by atoms with E-state index in [1.165, 1.54) is 19.3 Å². The summed E-state index contributed by atoms with van der Waals surface area (Å²) in [6, 6.07) is 4.24. The molecular weight excluding hydrogens is 302 g/mol. The highest BCUT2D eigenvalue weighted by atomic mass is 16.6. The van der Waals surface area contributed by atoms with Crippen LogP contribution in [0.2, 0.25) is 0 Å². The van der Waals surface area contributed by atoms with Crippen molar-refractivity contribution in [2.75, 3.05) is 20.2 Å². The van der Waals surface area contributed by atoms with E-state index in [4.69, 9.17) is 4.74 Å². The summed E-state index contributed by atoms with van der Waals surface area (Å²) in [6.45, 7) is 1.19. The zero-order chi connectivity index (χ0) is 17.0. The molecule has 0 aromatic heterocycles. The molecule has 8 nitrogen and oxygen atoms in total. The standard InChI is InChI=1S/C15H15N3O5/c1-23-13-8-10(7-12(14(13)19)18(21)22)6-11(9-16)15(20)17-4-2-3-5-17/h6-8,19H,2-5H2,1H3/b11-6+. The molecule has 0 bridgehead atoms. The topological polar surface area (TPSA) is 117 Å². The van der Waals surface area contributed by atoms with Crippen molar-refractivity contribution >= 4 is 17.7 Å². The lowest BCUT2D eigenvalue weighted by atomic mass is 10.1. The van der Waals surface area contributed by atoms with Crippen molar-refractivity contribution in [1.82, 2.24) is 4.90 Å². The van der Waals surface area contributed by atoms with E-state index in [1.807, 2.05) is 6.07 Å². The van der Waals surface area contributed by atoms with E-state index >= 15 is 0 Å². The Morgan fingerprint density at radius 2 is 2.13 bits per heavy atom. The third kappa shape index (κ3) is 3.40. The number of phenolic OH excluding ortho intramolecular Hbond substituents is 1. The number of phenols is 1. The van der Waals surface area contributed by atoms with Gasteiger partial charge in [-0.25, -0.2) is 0 Å². The fraction of sp³-hybridized carbons (Fsp3) is 0.333. The maximum absolute atomic E-state index is 12.2. The predicted octanol–water partition coefficient (Wildman–Crippen LogP) is 1.84. The van der Waals surface area contributed by atoms with Gasteiger partial charge in [-0.15, -0.1) is 0 Å². The fourth-order valence-corrected chi connectivity index (χ4v) is 2.39. The minimum atomic E-state index is -0.760. The van der Waals surface area contributed by atoms with Gasteiger partial charge in [-0.2, -0.15) is 5.26 Å². The Balaban J connectivity index is 2.43. The minimum Gasteiger partial charge on any atom is -0.500 e. The van der Waals surface area contributed by atoms with Crippen LogP contribution in [0.5, 0.6) is 11.5 Å². The summed E-state index contributed by atoms with van der Waals surface area (Å²) in [6.07, 6.45) is 3.04. The third-order valence-corrected chi connectivity index (χ3v) is 3.55. The lowest BCUT2D eigenvalue weighted by Gasteiger charge is -2.14. The summed E-state index contributed by atoms with van der Waals surface area (Å²) in [4.78, 5) is 24.0. The van der Waals surface area contributed by atoms with Crippen LogP contribution < -0.4 is 4.74 Å². The second-order valence-corrected chi connectivity index (χ2v) is 5.02. The molecule has 1 fully saturated rings. The smallest absolute Gasteiger partial charge is 0.315 e. The molecule has 0 saturated carbocycles. The Morgan fingerprint density at radius 3 is 2.65 bits per heavy atom. The van der Waals surface area contributed by atoms with E-state index in [0.29, 0.717) is 13.1 Å². The van der Waals surface area contributed by atoms with Crippen LogP contribution >= 0.6 is 0 Å². The van der Waals surface area contributed by atoms with Gasteiger partial charge in [-0.3, -0.25) is 14.9 Å². The van der Waals surface area contributed by atoms with Gasteiger partial charge in [0.25, 0.3) is 5.91 Å². The molecule has 1 amide bonds. The van der Waals surface area contributed by atoms with Crippen LogP contribution in [-0.2, 0) is 4.79 Å². The number of amides is 1. The number of ether oxygens (including phenoxy) is 1. The molecule has 0 unspecified atom stereocenters. The van der Waals surface area contributed by atoms with Crippen LogP contribution in [0.3, 0.4) is 0 Å². The first-order valence-corrected chi connectivity index (χ1v) is 6.94. The first-order chi connectivity index (χ1) is 11.0. The number of rotatable bonds is 4. The summed E-state index contributed by atoms with van der Waals surface area (Å²) in [7, 11) is 1.26. The average Bonchev–Trinajstić information content (AvgIpc) is 3.07. The van der Waals surface area contributed by atoms with Gasteiger partial charge in [0.05, 0.1) is 12.0 Å². The largest absolute Gasteiger partial charge is 0.500 e. The Bertz CT molecular complexity index is 715. The monoisotopic (exact) mass is 317 g/mol. The highest BCUT2D eigenvalue weighted by Crippen LogP contribution is 2.37. The molecule has 0 atom stereocenters. The molecule has 2 rings (SSSR count). The van der Waals surface area contributed by atoms with Gasteiger partial charge in [0, 0.05) is 19.2 Å². The van der Waals surface area contributed by atoms with E-state index in [9.17, 15) is 25.3 Å². The molecule has 1 aliphatic rings. The number of hydrogen-bond acceptors (Lipinski definition) is 6. The van der Waals surface area contributed by atoms with E-state index < -0.39 is 22.3 Å². The molecule has 1 N–H and O–H groups in total. The number of benzene rings is 1. The highest BCUT2D eigenvalue weighted by Gasteiger charge is 2.23. The first kappa shape index (κ1) is 16.3. The van der Waals surface area contributed by atoms with Crippen molar-refractivity contribution in [2.45, 2.75) is 12.8 Å². The van der Waals surface area contributed by atoms with Gasteiger partial charge in [0.1, 0.15) is 11.6 Å². The van der Waals surface area contributed by atoms with Crippen molar-refractivity contribution < 1.29 is 19.6 Å². The van der Waals surface area contributed by atoms with E-state index in [1.54, 1.807) is 4.90 Å². The molecule has 1 heterocycles. The number of carbonyl (C=O) groups is 1. The highest BCUT2D eigenvalue weighted by molar-refractivity contribution is 6.02. The molecule has 0 spiro atoms. The number of carbonyl (C=O) groups excluding carboxylic acids is 1. The number of aromatic hydroxyl groups is 1. The Morgan fingerprint density at radius 1 is 1.48 bits per heavy atom. The molecule has 0 radical (unpaired) electrons. The first-order valence-electron chi connectivity index (χ1n) is 6.94. The van der Waals surface area contributed by atoms with Gasteiger partial charge in [0.15, 0.2) is 5.75 Å². The summed E-state index contributed by atoms with van der Waals surface area (Å²) in [5.74, 6) is -1.10. The van der Waals surface area contributed by atoms with Gasteiger partial charge >= 0.3 is 5.69 Å². The maximum atomic E-state index is 12.2. The van der Waals surface area contributed by atoms with Crippen LogP contribution in [0.4, 0.5) is 5.69 Å². The summed E-state index contributed by atoms with van der Waals surface area (Å²) < 4.78 is 4.89. The van der Waals surface area contributed by atoms with Gasteiger partial charge < -0.3 is 14.7 Å². The number of nitro benzene ring substituents is 1. The molecule has 1 aromatic carbocycles. The Labute approximate surface area is 132 Å². The van der Waals surface area contributed by atoms with Crippen molar-refractivity contribution in [3.8, 4) is 17.6 Å². The van der Waals surface area contributed by atoms with Crippen LogP contribution in [0, 0.1) is 21.4 Å². The van der Waals surface area contributed by atoms with Crippen LogP contribution in [0.15, 0.2) is 17.7 Å². The quantitative estimate of drug-likeness (QED) is 0.392. The molecule has 0 aliphatic carbocycles. The number of nitro groups is 1. The minimum absolute atomic E-state index is 0.101. The lowest BCUT2D eigenvalue weighted by molar-refractivity contribution is -0.386. The molecule has 120 valence electrons. The van der Waals surface area contributed by atoms with E-state index in [-0.39, 0.29) is 16.9 Å². The number of nitrogens with zero attached hydrogens (tertiary/aromatic N) is 3. The van der Waals surface area contributed by atoms with Crippen LogP contribution in [-0.4, -0.2) is 41.0 Å². The maximum Gasteiger partial charge on any atom is 0.315 e. The fourth-order valence-electron chi connectivity index (χ4n) is 2.39. The van der Waals surface area contributed by atoms with Gasteiger partial charge in [-0.05, 0) is 30.5 Å². The van der Waals surface area contributed by atoms with Crippen molar-refractivity contribution in [3.05, 3.63) is 33.4 Å². The van der Waals surface area contributed by atoms with E-state index in [2.05, 4.69) is 0 Å². The number of likely N-dealkylation sites (tertiary alicyclic amines) is 1. The average molecular weight is 317 g/mol. The molecule has 8 heteroatoms. The van der Waals surface area contributed by atoms with Gasteiger partial charge in [0.2, 0.25) is 5.75 Å². The van der Waals surface area contributed by atoms with Crippen LogP contribution in [0.1, 0.15) is 18.4 Å². The second kappa shape index (κ2) is 6.79. The Kier molecular flexibility index (Phi) is 4.81. The summed E-state index contributed by atoms with van der Waals surface area (Å²) in [5.41, 5.74) is -0.439. The van der Waals surface area contributed by atoms with Crippen molar-refractivity contribution in [1.29, 1.82) is 5.26 Å². The summed E-state index contributed by atoms with van der Waals surface area (Å²) in [5, 5.41) is 29.9. The van der Waals surface area contributed by atoms with Gasteiger partial charge in [-0.1, -0.05) is 0 Å². The third-order valence-electron chi connectivity index (χ3n) is 3.55. The zero-order valence-corrected chi connectivity index (χ0v) is 12.5. The second-order valence-electron chi connectivity index (χ2n) is 5.02. The Hall–Kier alpha value is -3.08. The molecule has 1 aliphatic heterocycles. The summed E-state index contributed by atoms with van der Waals surface area (Å²) >= 11 is 0. The van der Waals surface area contributed by atoms with Crippen molar-refractivity contribution in [3.63, 3.8) is 0 Å². The van der Waals surface area contributed by atoms with E-state index in [0.717, 1.165) is 18.9 Å². The SMILES string of the molecule is COc1cc(/C=C(\C#N)C(=O)N2CCCC2)cc([N+](=O)[O-])c1O. The number of nitriles is 1. The molecule has 1 saturated heterocycles. The van der Waals surface area contributed by atoms with Crippen LogP contribution in [0.25, 0.3) is 6.08 Å². The zero-order valence-electron chi connectivity index (χ0n) is 12.5. The lowest BCUT2D eigenvalue weighted by Crippen LogP contribution is -2.28. The van der Waals surface area contributed by atoms with Crippen molar-refractivity contribution in [2.24, 2.45) is 0 Å². The predicted molar refractivity (Wildman–Crippen MR) is 80.7 cm³/mol.